The Bertz CT molecular complexity index is 1260. The number of hydrogen-bond acceptors (Lipinski definition) is 11. The topological polar surface area (TPSA) is 186 Å². The fourth-order valence-electron chi connectivity index (χ4n) is 7.06. The van der Waals surface area contributed by atoms with Gasteiger partial charge in [-0.1, -0.05) is 135 Å². The van der Waals surface area contributed by atoms with Gasteiger partial charge in [0.25, 0.3) is 10.1 Å². The van der Waals surface area contributed by atoms with E-state index in [1.54, 1.807) is 0 Å². The normalized spacial score (nSPS) is 19.9. The Labute approximate surface area is 363 Å². The van der Waals surface area contributed by atoms with E-state index in [0.29, 0.717) is 12.8 Å². The number of unbranched alkanes of at least 4 members (excludes halogenated alkanes) is 23. The van der Waals surface area contributed by atoms with E-state index in [-0.39, 0.29) is 19.4 Å². The van der Waals surface area contributed by atoms with Crippen LogP contribution in [0.5, 0.6) is 0 Å². The van der Waals surface area contributed by atoms with Gasteiger partial charge in [-0.3, -0.25) is 14.1 Å². The van der Waals surface area contributed by atoms with Crippen molar-refractivity contribution in [1.82, 2.24) is 0 Å². The highest BCUT2D eigenvalue weighted by molar-refractivity contribution is 7.85. The van der Waals surface area contributed by atoms with Crippen molar-refractivity contribution < 1.29 is 56.8 Å². The monoisotopic (exact) mass is 873 g/mol. The number of ether oxygens (including phenoxy) is 4. The van der Waals surface area contributed by atoms with Gasteiger partial charge in [0.15, 0.2) is 12.4 Å². The molecule has 6 atom stereocenters. The van der Waals surface area contributed by atoms with E-state index in [2.05, 4.69) is 43.9 Å². The molecule has 0 saturated carbocycles. The van der Waals surface area contributed by atoms with Crippen molar-refractivity contribution in [1.29, 1.82) is 0 Å². The molecule has 0 aromatic rings. The zero-order chi connectivity index (χ0) is 44.1. The fraction of sp³-hybridized carbons (Fsp3) is 0.851. The molecule has 60 heavy (non-hydrogen) atoms. The van der Waals surface area contributed by atoms with Gasteiger partial charge in [0, 0.05) is 12.8 Å². The molecule has 350 valence electrons. The third-order valence-electron chi connectivity index (χ3n) is 10.8. The van der Waals surface area contributed by atoms with E-state index in [9.17, 15) is 37.9 Å². The first-order chi connectivity index (χ1) is 29.0. The van der Waals surface area contributed by atoms with E-state index in [1.165, 1.54) is 96.3 Å². The van der Waals surface area contributed by atoms with Crippen LogP contribution < -0.4 is 0 Å². The van der Waals surface area contributed by atoms with Gasteiger partial charge < -0.3 is 34.3 Å². The number of hydrogen-bond donors (Lipinski definition) is 4. The molecule has 13 heteroatoms. The molecule has 0 bridgehead atoms. The van der Waals surface area contributed by atoms with Crippen LogP contribution in [0.25, 0.3) is 0 Å². The molecule has 0 aromatic heterocycles. The maximum Gasteiger partial charge on any atom is 0.306 e. The summed E-state index contributed by atoms with van der Waals surface area (Å²) in [6.07, 6.45) is 30.0. The van der Waals surface area contributed by atoms with E-state index < -0.39 is 71.2 Å². The molecule has 1 rings (SSSR count). The summed E-state index contributed by atoms with van der Waals surface area (Å²) in [5.74, 6) is -2.00. The molecule has 0 aromatic carbocycles. The van der Waals surface area contributed by atoms with Crippen LogP contribution in [0, 0.1) is 0 Å². The Morgan fingerprint density at radius 3 is 1.57 bits per heavy atom. The average Bonchev–Trinajstić information content (AvgIpc) is 3.21. The summed E-state index contributed by atoms with van der Waals surface area (Å²) >= 11 is 0. The molecular weight excluding hydrogens is 789 g/mol. The van der Waals surface area contributed by atoms with Crippen molar-refractivity contribution in [3.05, 3.63) is 30.0 Å². The van der Waals surface area contributed by atoms with Crippen molar-refractivity contribution in [2.75, 3.05) is 19.0 Å². The largest absolute Gasteiger partial charge is 0.462 e. The minimum absolute atomic E-state index is 0.158. The van der Waals surface area contributed by atoms with Gasteiger partial charge >= 0.3 is 11.9 Å². The van der Waals surface area contributed by atoms with E-state index in [0.717, 1.165) is 64.2 Å². The van der Waals surface area contributed by atoms with Crippen LogP contribution in [0.1, 0.15) is 200 Å². The molecule has 12 nitrogen and oxygen atoms in total. The number of carbonyl (C=O) groups excluding carboxylic acids is 2. The number of esters is 2. The molecule has 1 aliphatic heterocycles. The second kappa shape index (κ2) is 37.5. The second-order valence-electron chi connectivity index (χ2n) is 16.5. The summed E-state index contributed by atoms with van der Waals surface area (Å²) in [5.41, 5.74) is 3.28. The molecule has 1 heterocycles. The van der Waals surface area contributed by atoms with Crippen molar-refractivity contribution in [2.24, 2.45) is 0 Å². The molecule has 2 unspecified atom stereocenters. The lowest BCUT2D eigenvalue weighted by molar-refractivity contribution is -0.297. The molecule has 0 radical (unpaired) electrons. The van der Waals surface area contributed by atoms with Crippen molar-refractivity contribution >= 4 is 22.1 Å². The van der Waals surface area contributed by atoms with Gasteiger partial charge in [-0.2, -0.15) is 8.42 Å². The van der Waals surface area contributed by atoms with Crippen LogP contribution in [-0.4, -0.2) is 96.0 Å². The van der Waals surface area contributed by atoms with Crippen LogP contribution in [0.15, 0.2) is 30.0 Å². The number of carbonyl (C=O) groups is 2. The molecule has 1 saturated heterocycles. The van der Waals surface area contributed by atoms with Gasteiger partial charge in [-0.05, 0) is 76.4 Å². The maximum atomic E-state index is 12.8. The van der Waals surface area contributed by atoms with Crippen molar-refractivity contribution in [2.45, 2.75) is 237 Å². The second-order valence-corrected chi connectivity index (χ2v) is 18.0. The molecule has 1 fully saturated rings. The molecule has 0 amide bonds. The first-order valence-corrected chi connectivity index (χ1v) is 25.2. The van der Waals surface area contributed by atoms with Crippen molar-refractivity contribution in [3.63, 3.8) is 0 Å². The van der Waals surface area contributed by atoms with E-state index in [1.807, 2.05) is 0 Å². The predicted octanol–water partition coefficient (Wildman–Crippen LogP) is 9.77. The predicted molar refractivity (Wildman–Crippen MR) is 237 cm³/mol. The van der Waals surface area contributed by atoms with Gasteiger partial charge in [0.1, 0.15) is 36.8 Å². The molecule has 1 aliphatic rings. The minimum atomic E-state index is -4.60. The summed E-state index contributed by atoms with van der Waals surface area (Å²) in [6, 6.07) is 0. The number of aliphatic hydroxyl groups excluding tert-OH is 3. The molecule has 0 spiro atoms. The van der Waals surface area contributed by atoms with Crippen LogP contribution in [0.4, 0.5) is 0 Å². The van der Waals surface area contributed by atoms with Crippen LogP contribution >= 0.6 is 0 Å². The standard InChI is InChI=1S/C47H84O12S/c1-3-5-7-9-11-13-15-17-19-20-22-24-26-28-30-32-34-36-43(49)58-40(38-57-47-46(52)45(51)44(50)41(59-47)39-60(53,54)55)37-56-42(48)35-33-31-29-27-25-23-21-18-16-14-12-10-8-6-4-2/h13,15-16,21,40-41,44-47,50-52H,3-12,14,17,19-20,22-39H2,1-2H3,(H,53,54,55)/b15-13+/t18?,40-,41-,44-,45?,46?,47+/m1/s1. The summed E-state index contributed by atoms with van der Waals surface area (Å²) in [7, 11) is -4.60. The maximum absolute atomic E-state index is 12.8. The average molecular weight is 873 g/mol. The quantitative estimate of drug-likeness (QED) is 0.0151. The highest BCUT2D eigenvalue weighted by Crippen LogP contribution is 2.24. The van der Waals surface area contributed by atoms with Gasteiger partial charge in [-0.15, -0.1) is 5.73 Å². The molecular formula is C47H84O12S. The smallest absolute Gasteiger partial charge is 0.306 e. The van der Waals surface area contributed by atoms with Gasteiger partial charge in [0.2, 0.25) is 0 Å². The highest BCUT2D eigenvalue weighted by Gasteiger charge is 2.46. The lowest BCUT2D eigenvalue weighted by Crippen LogP contribution is -2.60. The number of allylic oxidation sites excluding steroid dienone is 3. The SMILES string of the molecule is CCCCCC/C=C/CCCCCCCCCCCC(=O)O[C@H](COC(=O)CCCCCCCC=C=CCCCCCCC)CO[C@H]1O[C@H](CS(=O)(=O)O)[C@@H](O)C(O)C1O. The Balaban J connectivity index is 2.44. The Morgan fingerprint density at radius 2 is 1.05 bits per heavy atom. The van der Waals surface area contributed by atoms with Crippen LogP contribution in [-0.2, 0) is 38.7 Å². The first kappa shape index (κ1) is 55.9. The van der Waals surface area contributed by atoms with Crippen LogP contribution in [0.2, 0.25) is 0 Å². The zero-order valence-electron chi connectivity index (χ0n) is 37.4. The number of rotatable bonds is 39. The summed E-state index contributed by atoms with van der Waals surface area (Å²) in [5, 5.41) is 30.9. The Hall–Kier alpha value is -2.09. The molecule has 4 N–H and O–H groups in total. The zero-order valence-corrected chi connectivity index (χ0v) is 38.2. The lowest BCUT2D eigenvalue weighted by atomic mass is 10.00. The van der Waals surface area contributed by atoms with E-state index in [4.69, 9.17) is 18.9 Å². The van der Waals surface area contributed by atoms with Crippen molar-refractivity contribution in [3.8, 4) is 0 Å². The fourth-order valence-corrected chi connectivity index (χ4v) is 7.75. The third kappa shape index (κ3) is 31.7. The highest BCUT2D eigenvalue weighted by atomic mass is 32.2. The Morgan fingerprint density at radius 1 is 0.600 bits per heavy atom. The van der Waals surface area contributed by atoms with E-state index >= 15 is 0 Å². The summed E-state index contributed by atoms with van der Waals surface area (Å²) in [4.78, 5) is 25.4. The Kier molecular flexibility index (Phi) is 34.9. The van der Waals surface area contributed by atoms with Gasteiger partial charge in [0.05, 0.1) is 6.61 Å². The van der Waals surface area contributed by atoms with Gasteiger partial charge in [-0.25, -0.2) is 0 Å². The third-order valence-corrected chi connectivity index (χ3v) is 11.5. The minimum Gasteiger partial charge on any atom is -0.462 e. The molecule has 0 aliphatic carbocycles. The van der Waals surface area contributed by atoms with Crippen LogP contribution in [0.3, 0.4) is 0 Å². The summed E-state index contributed by atoms with van der Waals surface area (Å²) < 4.78 is 54.1. The summed E-state index contributed by atoms with van der Waals surface area (Å²) in [6.45, 7) is 3.72. The lowest BCUT2D eigenvalue weighted by Gasteiger charge is -2.40. The first-order valence-electron chi connectivity index (χ1n) is 23.6. The number of aliphatic hydroxyl groups is 3.